The maximum Gasteiger partial charge on any atom is 0.353 e. The van der Waals surface area contributed by atoms with E-state index >= 15 is 0 Å². The molecule has 1 fully saturated rings. The number of piperidine rings is 1. The Labute approximate surface area is 137 Å². The van der Waals surface area contributed by atoms with Crippen LogP contribution in [0.15, 0.2) is 6.33 Å². The second kappa shape index (κ2) is 8.61. The number of nitro groups is 1. The van der Waals surface area contributed by atoms with Crippen molar-refractivity contribution in [3.8, 4) is 0 Å². The highest BCUT2D eigenvalue weighted by atomic mass is 16.6. The van der Waals surface area contributed by atoms with Crippen LogP contribution in [0, 0.1) is 10.1 Å². The fourth-order valence-corrected chi connectivity index (χ4v) is 2.94. The van der Waals surface area contributed by atoms with Gasteiger partial charge in [0.25, 0.3) is 0 Å². The van der Waals surface area contributed by atoms with Crippen LogP contribution in [0.5, 0.6) is 0 Å². The van der Waals surface area contributed by atoms with E-state index in [-0.39, 0.29) is 5.69 Å². The monoisotopic (exact) mass is 322 g/mol. The zero-order chi connectivity index (χ0) is 16.7. The van der Waals surface area contributed by atoms with Gasteiger partial charge in [-0.3, -0.25) is 10.1 Å². The molecule has 0 aromatic carbocycles. The fraction of sp³-hybridized carbons (Fsp3) is 0.733. The molecule has 23 heavy (non-hydrogen) atoms. The molecular weight excluding hydrogens is 296 g/mol. The van der Waals surface area contributed by atoms with Gasteiger partial charge >= 0.3 is 5.69 Å². The minimum Gasteiger partial charge on any atom is -0.363 e. The SMILES string of the molecule is CCN(CC)c1ncnc(NCCN2CCCCC2)c1[N+](=O)[O-]. The molecule has 2 rings (SSSR count). The summed E-state index contributed by atoms with van der Waals surface area (Å²) in [5.41, 5.74) is -0.0326. The van der Waals surface area contributed by atoms with Crippen molar-refractivity contribution >= 4 is 17.3 Å². The number of anilines is 2. The maximum atomic E-state index is 11.5. The van der Waals surface area contributed by atoms with E-state index in [1.54, 1.807) is 0 Å². The third kappa shape index (κ3) is 4.51. The summed E-state index contributed by atoms with van der Waals surface area (Å²) in [7, 11) is 0. The molecule has 1 aliphatic rings. The molecule has 0 aliphatic carbocycles. The summed E-state index contributed by atoms with van der Waals surface area (Å²) in [5, 5.41) is 14.6. The van der Waals surface area contributed by atoms with E-state index < -0.39 is 4.92 Å². The summed E-state index contributed by atoms with van der Waals surface area (Å²) in [5.74, 6) is 0.694. The topological polar surface area (TPSA) is 87.4 Å². The normalized spacial score (nSPS) is 15.4. The Bertz CT molecular complexity index is 515. The summed E-state index contributed by atoms with van der Waals surface area (Å²) < 4.78 is 0. The average molecular weight is 322 g/mol. The van der Waals surface area contributed by atoms with Gasteiger partial charge in [0.15, 0.2) is 0 Å². The minimum absolute atomic E-state index is 0.0326. The van der Waals surface area contributed by atoms with Crippen molar-refractivity contribution in [3.63, 3.8) is 0 Å². The molecule has 128 valence electrons. The number of hydrogen-bond acceptors (Lipinski definition) is 7. The van der Waals surface area contributed by atoms with E-state index in [0.717, 1.165) is 19.6 Å². The molecule has 1 N–H and O–H groups in total. The zero-order valence-electron chi connectivity index (χ0n) is 14.0. The molecule has 8 heteroatoms. The van der Waals surface area contributed by atoms with Crippen LogP contribution in [0.1, 0.15) is 33.1 Å². The van der Waals surface area contributed by atoms with Gasteiger partial charge in [-0.2, -0.15) is 0 Å². The predicted octanol–water partition coefficient (Wildman–Crippen LogP) is 2.13. The van der Waals surface area contributed by atoms with Crippen LogP contribution in [0.3, 0.4) is 0 Å². The van der Waals surface area contributed by atoms with E-state index in [9.17, 15) is 10.1 Å². The van der Waals surface area contributed by atoms with Gasteiger partial charge < -0.3 is 15.1 Å². The van der Waals surface area contributed by atoms with Crippen LogP contribution < -0.4 is 10.2 Å². The number of hydrogen-bond donors (Lipinski definition) is 1. The molecule has 1 saturated heterocycles. The second-order valence-electron chi connectivity index (χ2n) is 5.65. The van der Waals surface area contributed by atoms with Crippen molar-refractivity contribution in [2.75, 3.05) is 49.5 Å². The van der Waals surface area contributed by atoms with Gasteiger partial charge in [-0.05, 0) is 39.8 Å². The summed E-state index contributed by atoms with van der Waals surface area (Å²) in [6, 6.07) is 0. The maximum absolute atomic E-state index is 11.5. The predicted molar refractivity (Wildman–Crippen MR) is 91.0 cm³/mol. The van der Waals surface area contributed by atoms with Crippen LogP contribution in [0.4, 0.5) is 17.3 Å². The Balaban J connectivity index is 2.07. The van der Waals surface area contributed by atoms with Gasteiger partial charge in [0.05, 0.1) is 4.92 Å². The Morgan fingerprint density at radius 1 is 1.26 bits per heavy atom. The van der Waals surface area contributed by atoms with E-state index in [1.165, 1.54) is 25.6 Å². The Hall–Kier alpha value is -1.96. The molecule has 8 nitrogen and oxygen atoms in total. The fourth-order valence-electron chi connectivity index (χ4n) is 2.94. The van der Waals surface area contributed by atoms with Crippen molar-refractivity contribution in [2.45, 2.75) is 33.1 Å². The number of aromatic nitrogens is 2. The molecule has 1 aromatic rings. The van der Waals surface area contributed by atoms with Crippen LogP contribution in [0.2, 0.25) is 0 Å². The molecule has 0 saturated carbocycles. The van der Waals surface area contributed by atoms with Crippen LogP contribution in [0.25, 0.3) is 0 Å². The highest BCUT2D eigenvalue weighted by Gasteiger charge is 2.25. The zero-order valence-corrected chi connectivity index (χ0v) is 14.0. The average Bonchev–Trinajstić information content (AvgIpc) is 2.57. The van der Waals surface area contributed by atoms with Gasteiger partial charge in [-0.15, -0.1) is 0 Å². The summed E-state index contributed by atoms with van der Waals surface area (Å²) in [6.07, 6.45) is 5.16. The Kier molecular flexibility index (Phi) is 6.52. The van der Waals surface area contributed by atoms with Gasteiger partial charge in [0.2, 0.25) is 11.6 Å². The summed E-state index contributed by atoms with van der Waals surface area (Å²) in [6.45, 7) is 8.99. The number of nitrogens with one attached hydrogen (secondary N) is 1. The van der Waals surface area contributed by atoms with Crippen molar-refractivity contribution in [2.24, 2.45) is 0 Å². The van der Waals surface area contributed by atoms with Gasteiger partial charge in [0, 0.05) is 26.2 Å². The molecule has 0 unspecified atom stereocenters. The highest BCUT2D eigenvalue weighted by molar-refractivity contribution is 5.70. The van der Waals surface area contributed by atoms with E-state index in [4.69, 9.17) is 0 Å². The van der Waals surface area contributed by atoms with E-state index in [0.29, 0.717) is 31.3 Å². The highest BCUT2D eigenvalue weighted by Crippen LogP contribution is 2.31. The molecule has 1 aliphatic heterocycles. The molecular formula is C15H26N6O2. The lowest BCUT2D eigenvalue weighted by molar-refractivity contribution is -0.383. The number of likely N-dealkylation sites (tertiary alicyclic amines) is 1. The third-order valence-corrected chi connectivity index (χ3v) is 4.22. The molecule has 2 heterocycles. The Morgan fingerprint density at radius 3 is 2.57 bits per heavy atom. The van der Waals surface area contributed by atoms with Crippen LogP contribution in [-0.2, 0) is 0 Å². The molecule has 0 radical (unpaired) electrons. The van der Waals surface area contributed by atoms with Gasteiger partial charge in [0.1, 0.15) is 6.33 Å². The van der Waals surface area contributed by atoms with Crippen molar-refractivity contribution in [1.82, 2.24) is 14.9 Å². The quantitative estimate of drug-likeness (QED) is 0.579. The lowest BCUT2D eigenvalue weighted by Gasteiger charge is -2.26. The van der Waals surface area contributed by atoms with Crippen LogP contribution in [-0.4, -0.2) is 59.1 Å². The largest absolute Gasteiger partial charge is 0.363 e. The minimum atomic E-state index is -0.392. The number of nitrogens with zero attached hydrogens (tertiary/aromatic N) is 5. The second-order valence-corrected chi connectivity index (χ2v) is 5.65. The summed E-state index contributed by atoms with van der Waals surface area (Å²) in [4.78, 5) is 23.6. The van der Waals surface area contributed by atoms with Crippen molar-refractivity contribution in [3.05, 3.63) is 16.4 Å². The number of rotatable bonds is 8. The lowest BCUT2D eigenvalue weighted by Crippen LogP contribution is -2.34. The van der Waals surface area contributed by atoms with E-state index in [2.05, 4.69) is 20.2 Å². The first kappa shape index (κ1) is 17.4. The van der Waals surface area contributed by atoms with Gasteiger partial charge in [-0.25, -0.2) is 9.97 Å². The molecule has 0 atom stereocenters. The first-order valence-electron chi connectivity index (χ1n) is 8.37. The summed E-state index contributed by atoms with van der Waals surface area (Å²) >= 11 is 0. The Morgan fingerprint density at radius 2 is 1.96 bits per heavy atom. The molecule has 0 amide bonds. The first-order valence-corrected chi connectivity index (χ1v) is 8.37. The molecule has 0 bridgehead atoms. The van der Waals surface area contributed by atoms with Crippen LogP contribution >= 0.6 is 0 Å². The van der Waals surface area contributed by atoms with Crippen molar-refractivity contribution < 1.29 is 4.92 Å². The van der Waals surface area contributed by atoms with Crippen molar-refractivity contribution in [1.29, 1.82) is 0 Å². The third-order valence-electron chi connectivity index (χ3n) is 4.22. The smallest absolute Gasteiger partial charge is 0.353 e. The molecule has 1 aromatic heterocycles. The molecule has 0 spiro atoms. The lowest BCUT2D eigenvalue weighted by atomic mass is 10.1. The van der Waals surface area contributed by atoms with E-state index in [1.807, 2.05) is 18.7 Å². The standard InChI is InChI=1S/C15H26N6O2/c1-3-20(4-2)15-13(21(22)23)14(17-12-18-15)16-8-11-19-9-6-5-7-10-19/h12H,3-11H2,1-2H3,(H,16,17,18). The first-order chi connectivity index (χ1) is 11.2. The van der Waals surface area contributed by atoms with Gasteiger partial charge in [-0.1, -0.05) is 6.42 Å².